The summed E-state index contributed by atoms with van der Waals surface area (Å²) < 4.78 is 0. The summed E-state index contributed by atoms with van der Waals surface area (Å²) in [5, 5.41) is 4.88. The van der Waals surface area contributed by atoms with Gasteiger partial charge in [0.05, 0.1) is 11.1 Å². The van der Waals surface area contributed by atoms with Crippen LogP contribution in [0.3, 0.4) is 0 Å². The third-order valence-electron chi connectivity index (χ3n) is 4.69. The first-order chi connectivity index (χ1) is 12.1. The third-order valence-corrected chi connectivity index (χ3v) is 4.99. The quantitative estimate of drug-likeness (QED) is 0.675. The molecule has 126 valence electrons. The van der Waals surface area contributed by atoms with Crippen molar-refractivity contribution in [3.63, 3.8) is 0 Å². The molecule has 0 radical (unpaired) electrons. The van der Waals surface area contributed by atoms with Gasteiger partial charge in [0.25, 0.3) is 5.91 Å². The van der Waals surface area contributed by atoms with Gasteiger partial charge in [0.1, 0.15) is 11.3 Å². The van der Waals surface area contributed by atoms with Crippen molar-refractivity contribution < 1.29 is 4.79 Å². The SMILES string of the molecule is CCN1C(=O)c2ccccc2NC1c1cc2cccc(C)c2nc1Cl. The summed E-state index contributed by atoms with van der Waals surface area (Å²) in [6.45, 7) is 4.56. The van der Waals surface area contributed by atoms with Crippen molar-refractivity contribution in [3.05, 3.63) is 70.4 Å². The zero-order valence-electron chi connectivity index (χ0n) is 14.1. The molecule has 1 aliphatic rings. The smallest absolute Gasteiger partial charge is 0.257 e. The highest BCUT2D eigenvalue weighted by atomic mass is 35.5. The van der Waals surface area contributed by atoms with Crippen molar-refractivity contribution in [3.8, 4) is 0 Å². The van der Waals surface area contributed by atoms with Crippen molar-refractivity contribution in [2.45, 2.75) is 20.0 Å². The van der Waals surface area contributed by atoms with Crippen molar-refractivity contribution in [2.75, 3.05) is 11.9 Å². The van der Waals surface area contributed by atoms with E-state index in [0.29, 0.717) is 17.3 Å². The summed E-state index contributed by atoms with van der Waals surface area (Å²) in [5.74, 6) is 0.00209. The highest BCUT2D eigenvalue weighted by Gasteiger charge is 2.33. The van der Waals surface area contributed by atoms with Crippen LogP contribution >= 0.6 is 11.6 Å². The van der Waals surface area contributed by atoms with E-state index in [1.807, 2.05) is 62.4 Å². The highest BCUT2D eigenvalue weighted by molar-refractivity contribution is 6.30. The van der Waals surface area contributed by atoms with Crippen molar-refractivity contribution in [1.29, 1.82) is 0 Å². The van der Waals surface area contributed by atoms with Crippen LogP contribution < -0.4 is 5.32 Å². The summed E-state index contributed by atoms with van der Waals surface area (Å²) >= 11 is 6.52. The fourth-order valence-corrected chi connectivity index (χ4v) is 3.64. The Hall–Kier alpha value is -2.59. The van der Waals surface area contributed by atoms with E-state index < -0.39 is 0 Å². The Kier molecular flexibility index (Phi) is 3.85. The molecule has 1 atom stereocenters. The number of rotatable bonds is 2. The fourth-order valence-electron chi connectivity index (χ4n) is 3.40. The van der Waals surface area contributed by atoms with Gasteiger partial charge in [-0.2, -0.15) is 0 Å². The second-order valence-corrected chi connectivity index (χ2v) is 6.56. The van der Waals surface area contributed by atoms with Crippen LogP contribution in [0, 0.1) is 6.92 Å². The van der Waals surface area contributed by atoms with E-state index in [-0.39, 0.29) is 12.1 Å². The van der Waals surface area contributed by atoms with E-state index in [1.165, 1.54) is 0 Å². The number of aromatic nitrogens is 1. The molecule has 0 aliphatic carbocycles. The number of anilines is 1. The summed E-state index contributed by atoms with van der Waals surface area (Å²) in [4.78, 5) is 19.3. The van der Waals surface area contributed by atoms with Gasteiger partial charge >= 0.3 is 0 Å². The van der Waals surface area contributed by atoms with Crippen LogP contribution in [0.1, 0.15) is 34.6 Å². The minimum absolute atomic E-state index is 0.00209. The first kappa shape index (κ1) is 15.9. The Morgan fingerprint density at radius 3 is 2.80 bits per heavy atom. The number of benzene rings is 2. The summed E-state index contributed by atoms with van der Waals surface area (Å²) in [6.07, 6.45) is -0.336. The normalized spacial score (nSPS) is 16.7. The Labute approximate surface area is 151 Å². The molecule has 25 heavy (non-hydrogen) atoms. The molecule has 1 aliphatic heterocycles. The number of amides is 1. The van der Waals surface area contributed by atoms with Crippen LogP contribution in [-0.4, -0.2) is 22.3 Å². The average Bonchev–Trinajstić information content (AvgIpc) is 2.62. The number of carbonyl (C=O) groups is 1. The first-order valence-corrected chi connectivity index (χ1v) is 8.70. The van der Waals surface area contributed by atoms with Gasteiger partial charge in [-0.3, -0.25) is 4.79 Å². The van der Waals surface area contributed by atoms with Gasteiger partial charge in [-0.25, -0.2) is 4.98 Å². The van der Waals surface area contributed by atoms with Gasteiger partial charge in [0.2, 0.25) is 0 Å². The van der Waals surface area contributed by atoms with E-state index in [4.69, 9.17) is 11.6 Å². The Bertz CT molecular complexity index is 986. The highest BCUT2D eigenvalue weighted by Crippen LogP contribution is 2.36. The zero-order chi connectivity index (χ0) is 17.6. The molecule has 5 heteroatoms. The number of fused-ring (bicyclic) bond motifs is 2. The Morgan fingerprint density at radius 1 is 1.20 bits per heavy atom. The van der Waals surface area contributed by atoms with E-state index in [1.54, 1.807) is 4.90 Å². The predicted octanol–water partition coefficient (Wildman–Crippen LogP) is 4.78. The first-order valence-electron chi connectivity index (χ1n) is 8.32. The number of halogens is 1. The van der Waals surface area contributed by atoms with Crippen LogP contribution in [0.5, 0.6) is 0 Å². The number of nitrogens with zero attached hydrogens (tertiary/aromatic N) is 2. The molecular formula is C20H18ClN3O. The lowest BCUT2D eigenvalue weighted by atomic mass is 10.0. The van der Waals surface area contributed by atoms with E-state index in [9.17, 15) is 4.79 Å². The van der Waals surface area contributed by atoms with Crippen LogP contribution in [0.2, 0.25) is 5.15 Å². The van der Waals surface area contributed by atoms with Crippen LogP contribution in [0.15, 0.2) is 48.5 Å². The molecule has 4 nitrogen and oxygen atoms in total. The third kappa shape index (κ3) is 2.53. The largest absolute Gasteiger partial charge is 0.361 e. The molecule has 2 aromatic carbocycles. The maximum Gasteiger partial charge on any atom is 0.257 e. The Balaban J connectivity index is 1.87. The van der Waals surface area contributed by atoms with Crippen molar-refractivity contribution in [2.24, 2.45) is 0 Å². The molecule has 0 bridgehead atoms. The summed E-state index contributed by atoms with van der Waals surface area (Å²) in [7, 11) is 0. The molecule has 0 fully saturated rings. The van der Waals surface area contributed by atoms with Crippen LogP contribution in [-0.2, 0) is 0 Å². The van der Waals surface area contributed by atoms with Gasteiger partial charge in [-0.05, 0) is 37.6 Å². The predicted molar refractivity (Wildman–Crippen MR) is 101 cm³/mol. The molecule has 0 spiro atoms. The van der Waals surface area contributed by atoms with Crippen LogP contribution in [0.4, 0.5) is 5.69 Å². The molecule has 1 amide bonds. The number of hydrogen-bond donors (Lipinski definition) is 1. The minimum Gasteiger partial charge on any atom is -0.361 e. The fraction of sp³-hybridized carbons (Fsp3) is 0.200. The number of nitrogens with one attached hydrogen (secondary N) is 1. The van der Waals surface area contributed by atoms with Gasteiger partial charge in [-0.15, -0.1) is 0 Å². The molecule has 1 aromatic heterocycles. The van der Waals surface area contributed by atoms with Gasteiger partial charge in [0.15, 0.2) is 0 Å². The molecule has 4 rings (SSSR count). The molecule has 3 aromatic rings. The Morgan fingerprint density at radius 2 is 2.00 bits per heavy atom. The van der Waals surface area contributed by atoms with Gasteiger partial charge < -0.3 is 10.2 Å². The molecule has 0 saturated carbocycles. The maximum atomic E-state index is 12.9. The number of aryl methyl sites for hydroxylation is 1. The number of para-hydroxylation sites is 2. The second-order valence-electron chi connectivity index (χ2n) is 6.20. The number of hydrogen-bond acceptors (Lipinski definition) is 3. The minimum atomic E-state index is -0.336. The summed E-state index contributed by atoms with van der Waals surface area (Å²) in [6, 6.07) is 15.6. The lowest BCUT2D eigenvalue weighted by Gasteiger charge is -2.37. The molecule has 1 unspecified atom stereocenters. The second kappa shape index (κ2) is 6.05. The van der Waals surface area contributed by atoms with Crippen LogP contribution in [0.25, 0.3) is 10.9 Å². The van der Waals surface area contributed by atoms with Gasteiger partial charge in [0, 0.05) is 23.2 Å². The maximum absolute atomic E-state index is 12.9. The molecule has 0 saturated heterocycles. The van der Waals surface area contributed by atoms with Gasteiger partial charge in [-0.1, -0.05) is 41.9 Å². The monoisotopic (exact) mass is 351 g/mol. The van der Waals surface area contributed by atoms with Crippen molar-refractivity contribution >= 4 is 34.1 Å². The van der Waals surface area contributed by atoms with Crippen molar-refractivity contribution in [1.82, 2.24) is 9.88 Å². The van der Waals surface area contributed by atoms with E-state index in [0.717, 1.165) is 27.7 Å². The average molecular weight is 352 g/mol. The molecule has 1 N–H and O–H groups in total. The lowest BCUT2D eigenvalue weighted by Crippen LogP contribution is -2.42. The van der Waals surface area contributed by atoms with E-state index in [2.05, 4.69) is 10.3 Å². The summed E-state index contributed by atoms with van der Waals surface area (Å²) in [5.41, 5.74) is 4.28. The molecular weight excluding hydrogens is 334 g/mol. The van der Waals surface area contributed by atoms with E-state index >= 15 is 0 Å². The lowest BCUT2D eigenvalue weighted by molar-refractivity contribution is 0.0695. The number of carbonyl (C=O) groups excluding carboxylic acids is 1. The topological polar surface area (TPSA) is 45.2 Å². The molecule has 2 heterocycles. The number of pyridine rings is 1. The standard InChI is InChI=1S/C20H18ClN3O/c1-3-24-19(22-16-10-5-4-9-14(16)20(24)25)15-11-13-8-6-7-12(2)17(13)23-18(15)21/h4-11,19,22H,3H2,1-2H3. The zero-order valence-corrected chi connectivity index (χ0v) is 14.8.